The maximum atomic E-state index is 12.4. The number of carbonyl (C=O) groups excluding carboxylic acids is 1. The molecule has 38 heavy (non-hydrogen) atoms. The minimum Gasteiger partial charge on any atom is -0.481 e. The summed E-state index contributed by atoms with van der Waals surface area (Å²) in [5.41, 5.74) is 0. The first-order valence-electron chi connectivity index (χ1n) is 17.0. The Labute approximate surface area is 237 Å². The Bertz CT molecular complexity index is 505. The molecule has 0 aromatic carbocycles. The second-order valence-corrected chi connectivity index (χ2v) is 11.7. The van der Waals surface area contributed by atoms with Gasteiger partial charge < -0.3 is 9.84 Å². The average molecular weight is 539 g/mol. The van der Waals surface area contributed by atoms with Gasteiger partial charge in [0.25, 0.3) is 0 Å². The van der Waals surface area contributed by atoms with Gasteiger partial charge in [-0.15, -0.1) is 0 Å². The van der Waals surface area contributed by atoms with Gasteiger partial charge in [0.1, 0.15) is 6.10 Å². The Morgan fingerprint density at radius 1 is 0.474 bits per heavy atom. The molecule has 0 radical (unpaired) electrons. The number of carboxylic acid groups (broad SMARTS) is 1. The first-order chi connectivity index (χ1) is 18.6. The fourth-order valence-electron chi connectivity index (χ4n) is 5.29. The summed E-state index contributed by atoms with van der Waals surface area (Å²) in [5.74, 6) is -0.666. The Hall–Kier alpha value is -1.06. The van der Waals surface area contributed by atoms with Crippen molar-refractivity contribution in [2.24, 2.45) is 0 Å². The first-order valence-corrected chi connectivity index (χ1v) is 17.0. The van der Waals surface area contributed by atoms with Crippen molar-refractivity contribution >= 4 is 11.9 Å². The summed E-state index contributed by atoms with van der Waals surface area (Å²) in [6, 6.07) is 0. The lowest BCUT2D eigenvalue weighted by Gasteiger charge is -2.18. The lowest BCUT2D eigenvalue weighted by molar-refractivity contribution is -0.150. The Kier molecular flexibility index (Phi) is 29.6. The number of rotatable bonds is 31. The highest BCUT2D eigenvalue weighted by molar-refractivity contribution is 5.69. The van der Waals surface area contributed by atoms with Gasteiger partial charge in [-0.25, -0.2) is 0 Å². The van der Waals surface area contributed by atoms with Crippen molar-refractivity contribution < 1.29 is 19.4 Å². The lowest BCUT2D eigenvalue weighted by Crippen LogP contribution is -2.18. The van der Waals surface area contributed by atoms with E-state index in [4.69, 9.17) is 9.84 Å². The third-order valence-electron chi connectivity index (χ3n) is 7.83. The zero-order chi connectivity index (χ0) is 27.9. The fourth-order valence-corrected chi connectivity index (χ4v) is 5.29. The summed E-state index contributed by atoms with van der Waals surface area (Å²) in [5, 5.41) is 8.67. The van der Waals surface area contributed by atoms with Crippen molar-refractivity contribution in [3.05, 3.63) is 0 Å². The molecule has 0 saturated heterocycles. The van der Waals surface area contributed by atoms with E-state index in [0.29, 0.717) is 12.8 Å². The van der Waals surface area contributed by atoms with Crippen LogP contribution in [0.15, 0.2) is 0 Å². The molecule has 0 rings (SSSR count). The average Bonchev–Trinajstić information content (AvgIpc) is 2.90. The Morgan fingerprint density at radius 3 is 1.24 bits per heavy atom. The largest absolute Gasteiger partial charge is 0.481 e. The predicted octanol–water partition coefficient (Wildman–Crippen LogP) is 11.3. The third-order valence-corrected chi connectivity index (χ3v) is 7.83. The molecule has 0 aromatic heterocycles. The molecule has 0 bridgehead atoms. The van der Waals surface area contributed by atoms with Crippen LogP contribution in [0.1, 0.15) is 200 Å². The van der Waals surface area contributed by atoms with Gasteiger partial charge in [-0.05, 0) is 32.1 Å². The van der Waals surface area contributed by atoms with Crippen LogP contribution in [0.2, 0.25) is 0 Å². The van der Waals surface area contributed by atoms with E-state index in [1.165, 1.54) is 109 Å². The normalized spacial score (nSPS) is 12.1. The highest BCUT2D eigenvalue weighted by Crippen LogP contribution is 2.18. The van der Waals surface area contributed by atoms with Crippen LogP contribution in [-0.4, -0.2) is 23.1 Å². The molecule has 1 unspecified atom stereocenters. The van der Waals surface area contributed by atoms with Crippen molar-refractivity contribution in [1.82, 2.24) is 0 Å². The van der Waals surface area contributed by atoms with E-state index in [0.717, 1.165) is 64.2 Å². The number of carbonyl (C=O) groups is 2. The summed E-state index contributed by atoms with van der Waals surface area (Å²) in [6.07, 6.45) is 34.4. The monoisotopic (exact) mass is 538 g/mol. The lowest BCUT2D eigenvalue weighted by atomic mass is 10.0. The molecule has 0 heterocycles. The maximum Gasteiger partial charge on any atom is 0.306 e. The van der Waals surface area contributed by atoms with E-state index in [1.54, 1.807) is 0 Å². The van der Waals surface area contributed by atoms with Gasteiger partial charge in [0, 0.05) is 12.8 Å². The Balaban J connectivity index is 3.62. The number of unbranched alkanes of at least 4 members (excludes halogenated alkanes) is 22. The van der Waals surface area contributed by atoms with Crippen molar-refractivity contribution in [2.45, 2.75) is 206 Å². The first kappa shape index (κ1) is 36.9. The zero-order valence-electron chi connectivity index (χ0n) is 25.8. The molecule has 0 aliphatic carbocycles. The van der Waals surface area contributed by atoms with Crippen LogP contribution >= 0.6 is 0 Å². The Morgan fingerprint density at radius 2 is 0.816 bits per heavy atom. The standard InChI is InChI=1S/C34H66O4/c1-3-5-7-8-9-10-11-12-13-14-15-16-21-24-27-31-34(37)38-32(28-6-4-2)29-25-22-19-17-18-20-23-26-30-33(35)36/h32H,3-31H2,1-2H3,(H,35,36). The molecule has 0 saturated carbocycles. The quantitative estimate of drug-likeness (QED) is 0.0704. The van der Waals surface area contributed by atoms with E-state index >= 15 is 0 Å². The number of ether oxygens (including phenoxy) is 1. The van der Waals surface area contributed by atoms with E-state index in [9.17, 15) is 9.59 Å². The zero-order valence-corrected chi connectivity index (χ0v) is 25.8. The summed E-state index contributed by atoms with van der Waals surface area (Å²) in [4.78, 5) is 22.9. The van der Waals surface area contributed by atoms with Crippen LogP contribution in [0.25, 0.3) is 0 Å². The number of hydrogen-bond acceptors (Lipinski definition) is 3. The highest BCUT2D eigenvalue weighted by Gasteiger charge is 2.13. The third kappa shape index (κ3) is 29.5. The molecule has 1 atom stereocenters. The number of aliphatic carboxylic acids is 1. The summed E-state index contributed by atoms with van der Waals surface area (Å²) in [6.45, 7) is 4.48. The predicted molar refractivity (Wildman–Crippen MR) is 163 cm³/mol. The summed E-state index contributed by atoms with van der Waals surface area (Å²) >= 11 is 0. The molecule has 0 aliphatic heterocycles. The number of esters is 1. The van der Waals surface area contributed by atoms with E-state index in [-0.39, 0.29) is 12.1 Å². The van der Waals surface area contributed by atoms with Crippen molar-refractivity contribution in [2.75, 3.05) is 0 Å². The molecule has 0 amide bonds. The molecule has 0 spiro atoms. The van der Waals surface area contributed by atoms with Gasteiger partial charge in [0.15, 0.2) is 0 Å². The smallest absolute Gasteiger partial charge is 0.306 e. The van der Waals surface area contributed by atoms with Crippen LogP contribution in [0, 0.1) is 0 Å². The van der Waals surface area contributed by atoms with Crippen molar-refractivity contribution in [1.29, 1.82) is 0 Å². The van der Waals surface area contributed by atoms with Gasteiger partial charge >= 0.3 is 11.9 Å². The minimum absolute atomic E-state index is 0.0159. The van der Waals surface area contributed by atoms with Gasteiger partial charge in [-0.3, -0.25) is 9.59 Å². The number of carboxylic acids is 1. The van der Waals surface area contributed by atoms with Crippen molar-refractivity contribution in [3.8, 4) is 0 Å². The molecule has 4 nitrogen and oxygen atoms in total. The van der Waals surface area contributed by atoms with Crippen molar-refractivity contribution in [3.63, 3.8) is 0 Å². The van der Waals surface area contributed by atoms with Gasteiger partial charge in [-0.2, -0.15) is 0 Å². The SMILES string of the molecule is CCCCCCCCCCCCCCCCCC(=O)OC(CCCC)CCCCCCCCCCC(=O)O. The van der Waals surface area contributed by atoms with E-state index in [2.05, 4.69) is 13.8 Å². The molecule has 1 N–H and O–H groups in total. The molecular formula is C34H66O4. The topological polar surface area (TPSA) is 63.6 Å². The van der Waals surface area contributed by atoms with E-state index < -0.39 is 5.97 Å². The molecule has 226 valence electrons. The summed E-state index contributed by atoms with van der Waals surface area (Å²) in [7, 11) is 0. The fraction of sp³-hybridized carbons (Fsp3) is 0.941. The molecule has 0 fully saturated rings. The second-order valence-electron chi connectivity index (χ2n) is 11.7. The van der Waals surface area contributed by atoms with Crippen LogP contribution in [-0.2, 0) is 14.3 Å². The van der Waals surface area contributed by atoms with Gasteiger partial charge in [-0.1, -0.05) is 155 Å². The van der Waals surface area contributed by atoms with Gasteiger partial charge in [0.2, 0.25) is 0 Å². The second kappa shape index (κ2) is 30.5. The highest BCUT2D eigenvalue weighted by atomic mass is 16.5. The van der Waals surface area contributed by atoms with Crippen LogP contribution in [0.5, 0.6) is 0 Å². The summed E-state index contributed by atoms with van der Waals surface area (Å²) < 4.78 is 5.88. The maximum absolute atomic E-state index is 12.4. The van der Waals surface area contributed by atoms with Crippen LogP contribution < -0.4 is 0 Å². The van der Waals surface area contributed by atoms with Crippen LogP contribution in [0.3, 0.4) is 0 Å². The van der Waals surface area contributed by atoms with E-state index in [1.807, 2.05) is 0 Å². The molecule has 4 heteroatoms. The van der Waals surface area contributed by atoms with Crippen LogP contribution in [0.4, 0.5) is 0 Å². The molecule has 0 aromatic rings. The minimum atomic E-state index is -0.682. The molecule has 0 aliphatic rings. The molecular weight excluding hydrogens is 472 g/mol. The number of hydrogen-bond donors (Lipinski definition) is 1. The van der Waals surface area contributed by atoms with Gasteiger partial charge in [0.05, 0.1) is 0 Å².